The number of carbonyl (C=O) groups is 1. The van der Waals surface area contributed by atoms with Gasteiger partial charge in [0.05, 0.1) is 6.54 Å². The molecule has 0 aliphatic carbocycles. The summed E-state index contributed by atoms with van der Waals surface area (Å²) < 4.78 is 33.1. The number of carbonyl (C=O) groups excluding carboxylic acids is 1. The smallest absolute Gasteiger partial charge is 0.254 e. The van der Waals surface area contributed by atoms with Crippen LogP contribution in [-0.2, 0) is 13.1 Å². The summed E-state index contributed by atoms with van der Waals surface area (Å²) in [6, 6.07) is 15.4. The summed E-state index contributed by atoms with van der Waals surface area (Å²) in [5, 5.41) is 0.480. The zero-order valence-electron chi connectivity index (χ0n) is 16.0. The Labute approximate surface area is 176 Å². The molecule has 0 saturated carbocycles. The topological polar surface area (TPSA) is 46.3 Å². The van der Waals surface area contributed by atoms with E-state index in [4.69, 9.17) is 16.0 Å². The molecule has 0 N–H and O–H groups in total. The van der Waals surface area contributed by atoms with E-state index in [1.807, 2.05) is 25.1 Å². The second kappa shape index (κ2) is 8.24. The van der Waals surface area contributed by atoms with Crippen molar-refractivity contribution >= 4 is 28.6 Å². The number of nitrogens with zero attached hydrogens (tertiary/aromatic N) is 2. The van der Waals surface area contributed by atoms with Crippen LogP contribution in [0.4, 0.5) is 8.78 Å². The molecule has 0 fully saturated rings. The Morgan fingerprint density at radius 1 is 1.03 bits per heavy atom. The maximum Gasteiger partial charge on any atom is 0.254 e. The van der Waals surface area contributed by atoms with Crippen LogP contribution in [0.15, 0.2) is 65.1 Å². The number of amides is 1. The molecule has 0 spiro atoms. The summed E-state index contributed by atoms with van der Waals surface area (Å²) in [7, 11) is 0. The molecule has 0 atom stereocenters. The third kappa shape index (κ3) is 4.33. The van der Waals surface area contributed by atoms with E-state index < -0.39 is 17.5 Å². The van der Waals surface area contributed by atoms with Gasteiger partial charge in [-0.2, -0.15) is 0 Å². The van der Waals surface area contributed by atoms with E-state index in [1.165, 1.54) is 4.90 Å². The Hall–Kier alpha value is -3.25. The summed E-state index contributed by atoms with van der Waals surface area (Å²) >= 11 is 6.26. The van der Waals surface area contributed by atoms with E-state index in [-0.39, 0.29) is 18.7 Å². The number of rotatable bonds is 5. The van der Waals surface area contributed by atoms with Crippen LogP contribution in [0.5, 0.6) is 0 Å². The van der Waals surface area contributed by atoms with Crippen molar-refractivity contribution < 1.29 is 18.0 Å². The number of fused-ring (bicyclic) bond motifs is 1. The van der Waals surface area contributed by atoms with E-state index >= 15 is 0 Å². The molecule has 7 heteroatoms. The highest BCUT2D eigenvalue weighted by molar-refractivity contribution is 6.31. The maximum absolute atomic E-state index is 13.7. The number of halogens is 3. The highest BCUT2D eigenvalue weighted by Crippen LogP contribution is 2.23. The number of oxazole rings is 1. The van der Waals surface area contributed by atoms with Gasteiger partial charge in [-0.3, -0.25) is 4.79 Å². The normalized spacial score (nSPS) is 11.1. The number of aromatic nitrogens is 1. The van der Waals surface area contributed by atoms with Gasteiger partial charge >= 0.3 is 0 Å². The van der Waals surface area contributed by atoms with E-state index in [1.54, 1.807) is 24.3 Å². The lowest BCUT2D eigenvalue weighted by Gasteiger charge is -2.22. The van der Waals surface area contributed by atoms with Crippen LogP contribution in [0.25, 0.3) is 11.1 Å². The van der Waals surface area contributed by atoms with Crippen molar-refractivity contribution in [3.8, 4) is 0 Å². The van der Waals surface area contributed by atoms with Crippen LogP contribution < -0.4 is 0 Å². The molecule has 1 aromatic heterocycles. The summed E-state index contributed by atoms with van der Waals surface area (Å²) in [4.78, 5) is 19.0. The molecule has 4 aromatic rings. The van der Waals surface area contributed by atoms with Crippen LogP contribution in [-0.4, -0.2) is 15.8 Å². The fraction of sp³-hybridized carbons (Fsp3) is 0.130. The Bertz CT molecular complexity index is 1220. The molecule has 1 amide bonds. The number of hydrogen-bond acceptors (Lipinski definition) is 3. The van der Waals surface area contributed by atoms with E-state index in [0.29, 0.717) is 27.6 Å². The zero-order valence-corrected chi connectivity index (χ0v) is 16.8. The first-order valence-corrected chi connectivity index (χ1v) is 9.62. The van der Waals surface area contributed by atoms with Gasteiger partial charge in [-0.1, -0.05) is 35.9 Å². The monoisotopic (exact) mass is 426 g/mol. The van der Waals surface area contributed by atoms with Gasteiger partial charge in [0.15, 0.2) is 5.58 Å². The second-order valence-electron chi connectivity index (χ2n) is 6.99. The third-order valence-corrected chi connectivity index (χ3v) is 5.00. The van der Waals surface area contributed by atoms with Gasteiger partial charge in [-0.15, -0.1) is 0 Å². The van der Waals surface area contributed by atoms with Crippen molar-refractivity contribution in [3.05, 3.63) is 99.9 Å². The number of hydrogen-bond donors (Lipinski definition) is 0. The van der Waals surface area contributed by atoms with E-state index in [9.17, 15) is 13.6 Å². The first-order valence-electron chi connectivity index (χ1n) is 9.24. The Kier molecular flexibility index (Phi) is 5.50. The first kappa shape index (κ1) is 20.0. The predicted molar refractivity (Wildman–Crippen MR) is 110 cm³/mol. The average molecular weight is 427 g/mol. The lowest BCUT2D eigenvalue weighted by Crippen LogP contribution is -2.30. The third-order valence-electron chi connectivity index (χ3n) is 4.63. The minimum atomic E-state index is -0.826. The van der Waals surface area contributed by atoms with Crippen molar-refractivity contribution in [2.45, 2.75) is 20.0 Å². The van der Waals surface area contributed by atoms with Crippen LogP contribution >= 0.6 is 11.6 Å². The minimum absolute atomic E-state index is 0.00984. The van der Waals surface area contributed by atoms with Gasteiger partial charge in [0.2, 0.25) is 5.89 Å². The van der Waals surface area contributed by atoms with Gasteiger partial charge in [0, 0.05) is 23.2 Å². The van der Waals surface area contributed by atoms with Crippen LogP contribution in [0.2, 0.25) is 5.02 Å². The SMILES string of the molecule is Cc1ccc2oc(CN(Cc3ccccc3Cl)C(=O)c3cc(F)cc(F)c3)nc2c1. The molecule has 0 unspecified atom stereocenters. The molecule has 30 heavy (non-hydrogen) atoms. The molecule has 0 bridgehead atoms. The Balaban J connectivity index is 1.70. The lowest BCUT2D eigenvalue weighted by molar-refractivity contribution is 0.0714. The molecule has 4 nitrogen and oxygen atoms in total. The molecular weight excluding hydrogens is 410 g/mol. The molecule has 152 valence electrons. The quantitative estimate of drug-likeness (QED) is 0.398. The summed E-state index contributed by atoms with van der Waals surface area (Å²) in [6.07, 6.45) is 0. The van der Waals surface area contributed by atoms with Gasteiger partial charge in [-0.05, 0) is 48.4 Å². The van der Waals surface area contributed by atoms with Crippen molar-refractivity contribution in [2.24, 2.45) is 0 Å². The second-order valence-corrected chi connectivity index (χ2v) is 7.40. The molecule has 0 saturated heterocycles. The minimum Gasteiger partial charge on any atom is -0.439 e. The average Bonchev–Trinajstić information content (AvgIpc) is 3.09. The van der Waals surface area contributed by atoms with Gasteiger partial charge in [-0.25, -0.2) is 13.8 Å². The highest BCUT2D eigenvalue weighted by atomic mass is 35.5. The van der Waals surface area contributed by atoms with Crippen LogP contribution in [0.3, 0.4) is 0 Å². The molecule has 1 heterocycles. The summed E-state index contributed by atoms with van der Waals surface area (Å²) in [5.41, 5.74) is 2.88. The van der Waals surface area contributed by atoms with Crippen molar-refractivity contribution in [1.29, 1.82) is 0 Å². The molecule has 4 rings (SSSR count). The lowest BCUT2D eigenvalue weighted by atomic mass is 10.1. The number of aryl methyl sites for hydroxylation is 1. The summed E-state index contributed by atoms with van der Waals surface area (Å²) in [5.74, 6) is -1.90. The zero-order chi connectivity index (χ0) is 21.3. The van der Waals surface area contributed by atoms with Gasteiger partial charge in [0.25, 0.3) is 5.91 Å². The van der Waals surface area contributed by atoms with Gasteiger partial charge in [0.1, 0.15) is 17.2 Å². The van der Waals surface area contributed by atoms with Crippen molar-refractivity contribution in [2.75, 3.05) is 0 Å². The molecular formula is C23H17ClF2N2O2. The Morgan fingerprint density at radius 2 is 1.77 bits per heavy atom. The molecule has 0 aliphatic rings. The largest absolute Gasteiger partial charge is 0.439 e. The maximum atomic E-state index is 13.7. The predicted octanol–water partition coefficient (Wildman–Crippen LogP) is 5.91. The summed E-state index contributed by atoms with van der Waals surface area (Å²) in [6.45, 7) is 2.07. The van der Waals surface area contributed by atoms with Crippen LogP contribution in [0, 0.1) is 18.6 Å². The first-order chi connectivity index (χ1) is 14.4. The highest BCUT2D eigenvalue weighted by Gasteiger charge is 2.21. The van der Waals surface area contributed by atoms with Gasteiger partial charge < -0.3 is 9.32 Å². The molecule has 0 aliphatic heterocycles. The Morgan fingerprint density at radius 3 is 2.50 bits per heavy atom. The fourth-order valence-corrected chi connectivity index (χ4v) is 3.40. The fourth-order valence-electron chi connectivity index (χ4n) is 3.21. The molecule has 3 aromatic carbocycles. The van der Waals surface area contributed by atoms with Crippen LogP contribution in [0.1, 0.15) is 27.4 Å². The standard InChI is InChI=1S/C23H17ClF2N2O2/c1-14-6-7-21-20(8-14)27-22(30-21)13-28(12-15-4-2-3-5-19(15)24)23(29)16-9-17(25)11-18(26)10-16/h2-11H,12-13H2,1H3. The molecule has 0 radical (unpaired) electrons. The number of benzene rings is 3. The van der Waals surface area contributed by atoms with Crippen molar-refractivity contribution in [1.82, 2.24) is 9.88 Å². The van der Waals surface area contributed by atoms with E-state index in [2.05, 4.69) is 4.98 Å². The van der Waals surface area contributed by atoms with E-state index in [0.717, 1.165) is 23.8 Å². The van der Waals surface area contributed by atoms with Crippen molar-refractivity contribution in [3.63, 3.8) is 0 Å².